The van der Waals surface area contributed by atoms with E-state index >= 15 is 0 Å². The smallest absolute Gasteiger partial charge is 0.338 e. The van der Waals surface area contributed by atoms with Gasteiger partial charge in [0.2, 0.25) is 0 Å². The van der Waals surface area contributed by atoms with Gasteiger partial charge in [-0.15, -0.1) is 11.6 Å². The number of Topliss-reactive ketones (excluding diaryl/α,β-unsaturated/α-hetero) is 1. The zero-order valence-electron chi connectivity index (χ0n) is 10.3. The molecule has 0 saturated carbocycles. The van der Waals surface area contributed by atoms with Gasteiger partial charge in [0.25, 0.3) is 6.43 Å². The number of ether oxygens (including phenoxy) is 1. The molecular formula is C13H13ClF2O3. The molecule has 0 fully saturated rings. The normalized spacial score (nSPS) is 10.6. The van der Waals surface area contributed by atoms with Crippen molar-refractivity contribution in [2.75, 3.05) is 12.5 Å². The molecule has 0 radical (unpaired) electrons. The van der Waals surface area contributed by atoms with E-state index in [2.05, 4.69) is 0 Å². The molecule has 0 aromatic heterocycles. The number of halogens is 3. The fraction of sp³-hybridized carbons (Fsp3) is 0.385. The van der Waals surface area contributed by atoms with Crippen molar-refractivity contribution in [3.63, 3.8) is 0 Å². The molecule has 6 heteroatoms. The van der Waals surface area contributed by atoms with Crippen molar-refractivity contribution in [2.45, 2.75) is 19.8 Å². The van der Waals surface area contributed by atoms with Gasteiger partial charge in [-0.3, -0.25) is 4.79 Å². The summed E-state index contributed by atoms with van der Waals surface area (Å²) < 4.78 is 30.9. The Kier molecular flexibility index (Phi) is 5.89. The van der Waals surface area contributed by atoms with Gasteiger partial charge < -0.3 is 4.74 Å². The minimum Gasteiger partial charge on any atom is -0.462 e. The van der Waals surface area contributed by atoms with Gasteiger partial charge in [0.1, 0.15) is 0 Å². The molecule has 0 spiro atoms. The molecule has 3 nitrogen and oxygen atoms in total. The summed E-state index contributed by atoms with van der Waals surface area (Å²) in [5, 5.41) is 0. The van der Waals surface area contributed by atoms with E-state index in [0.717, 1.165) is 0 Å². The third-order valence-electron chi connectivity index (χ3n) is 2.44. The highest BCUT2D eigenvalue weighted by Crippen LogP contribution is 2.28. The third-order valence-corrected chi connectivity index (χ3v) is 2.63. The van der Waals surface area contributed by atoms with Crippen molar-refractivity contribution in [1.82, 2.24) is 0 Å². The van der Waals surface area contributed by atoms with E-state index in [1.54, 1.807) is 6.92 Å². The zero-order chi connectivity index (χ0) is 14.4. The molecule has 1 rings (SSSR count). The lowest BCUT2D eigenvalue weighted by molar-refractivity contribution is 0.0515. The summed E-state index contributed by atoms with van der Waals surface area (Å²) in [7, 11) is 0. The Morgan fingerprint density at radius 3 is 2.47 bits per heavy atom. The van der Waals surface area contributed by atoms with Gasteiger partial charge in [-0.2, -0.15) is 0 Å². The highest BCUT2D eigenvalue weighted by atomic mass is 35.5. The topological polar surface area (TPSA) is 43.4 Å². The first-order valence-corrected chi connectivity index (χ1v) is 6.23. The van der Waals surface area contributed by atoms with Crippen molar-refractivity contribution in [1.29, 1.82) is 0 Å². The molecule has 0 unspecified atom stereocenters. The molecule has 0 atom stereocenters. The van der Waals surface area contributed by atoms with Gasteiger partial charge in [0, 0.05) is 23.4 Å². The summed E-state index contributed by atoms with van der Waals surface area (Å²) in [5.41, 5.74) is -1.05. The first kappa shape index (κ1) is 15.6. The first-order valence-electron chi connectivity index (χ1n) is 5.70. The van der Waals surface area contributed by atoms with E-state index in [-0.39, 0.29) is 30.0 Å². The average Bonchev–Trinajstić information content (AvgIpc) is 2.38. The van der Waals surface area contributed by atoms with E-state index in [1.165, 1.54) is 18.2 Å². The quantitative estimate of drug-likeness (QED) is 0.457. The number of carbonyl (C=O) groups is 2. The molecule has 0 aliphatic heterocycles. The number of rotatable bonds is 6. The fourth-order valence-electron chi connectivity index (χ4n) is 1.65. The van der Waals surface area contributed by atoms with Crippen LogP contribution in [0.5, 0.6) is 0 Å². The van der Waals surface area contributed by atoms with Crippen LogP contribution in [0.15, 0.2) is 18.2 Å². The van der Waals surface area contributed by atoms with Gasteiger partial charge in [0.05, 0.1) is 12.2 Å². The van der Waals surface area contributed by atoms with Crippen LogP contribution < -0.4 is 0 Å². The van der Waals surface area contributed by atoms with Crippen LogP contribution in [0.4, 0.5) is 8.78 Å². The van der Waals surface area contributed by atoms with Crippen LogP contribution in [0.3, 0.4) is 0 Å². The molecule has 0 aliphatic carbocycles. The van der Waals surface area contributed by atoms with Crippen molar-refractivity contribution in [3.8, 4) is 0 Å². The lowest BCUT2D eigenvalue weighted by Gasteiger charge is -2.12. The van der Waals surface area contributed by atoms with Crippen molar-refractivity contribution < 1.29 is 23.1 Å². The van der Waals surface area contributed by atoms with Crippen LogP contribution in [0, 0.1) is 0 Å². The van der Waals surface area contributed by atoms with E-state index in [9.17, 15) is 18.4 Å². The average molecular weight is 291 g/mol. The van der Waals surface area contributed by atoms with Crippen molar-refractivity contribution >= 4 is 23.4 Å². The maximum atomic E-state index is 13.1. The van der Waals surface area contributed by atoms with E-state index in [1.807, 2.05) is 0 Å². The van der Waals surface area contributed by atoms with Gasteiger partial charge >= 0.3 is 5.97 Å². The summed E-state index contributed by atoms with van der Waals surface area (Å²) in [6.07, 6.45) is -3.00. The first-order chi connectivity index (χ1) is 9.02. The van der Waals surface area contributed by atoms with Crippen molar-refractivity contribution in [2.24, 2.45) is 0 Å². The maximum absolute atomic E-state index is 13.1. The summed E-state index contributed by atoms with van der Waals surface area (Å²) >= 11 is 5.43. The van der Waals surface area contributed by atoms with Crippen LogP contribution in [0.2, 0.25) is 0 Å². The van der Waals surface area contributed by atoms with Gasteiger partial charge in [-0.25, -0.2) is 13.6 Å². The number of esters is 1. The fourth-order valence-corrected chi connectivity index (χ4v) is 1.82. The number of alkyl halides is 3. The monoisotopic (exact) mass is 290 g/mol. The second-order valence-electron chi connectivity index (χ2n) is 3.65. The lowest BCUT2D eigenvalue weighted by atomic mass is 9.97. The second kappa shape index (κ2) is 7.19. The number of hydrogen-bond donors (Lipinski definition) is 0. The molecule has 0 aliphatic rings. The van der Waals surface area contributed by atoms with E-state index in [4.69, 9.17) is 16.3 Å². The van der Waals surface area contributed by atoms with Gasteiger partial charge in [-0.1, -0.05) is 12.1 Å². The Hall–Kier alpha value is -1.49. The molecule has 0 amide bonds. The minimum atomic E-state index is -2.94. The minimum absolute atomic E-state index is 0.0329. The Morgan fingerprint density at radius 1 is 1.32 bits per heavy atom. The van der Waals surface area contributed by atoms with Crippen LogP contribution in [-0.2, 0) is 4.74 Å². The molecule has 19 heavy (non-hydrogen) atoms. The highest BCUT2D eigenvalue weighted by molar-refractivity contribution is 6.19. The van der Waals surface area contributed by atoms with Crippen LogP contribution in [0.25, 0.3) is 0 Å². The van der Waals surface area contributed by atoms with Crippen molar-refractivity contribution in [3.05, 3.63) is 34.9 Å². The van der Waals surface area contributed by atoms with Gasteiger partial charge in [0.15, 0.2) is 5.78 Å². The maximum Gasteiger partial charge on any atom is 0.338 e. The molecule has 1 aromatic carbocycles. The Labute approximate surface area is 114 Å². The Morgan fingerprint density at radius 2 is 1.95 bits per heavy atom. The Balaban J connectivity index is 3.29. The summed E-state index contributed by atoms with van der Waals surface area (Å²) in [6.45, 7) is 1.64. The molecule has 0 saturated heterocycles. The van der Waals surface area contributed by atoms with Crippen LogP contribution >= 0.6 is 11.6 Å². The summed E-state index contributed by atoms with van der Waals surface area (Å²) in [4.78, 5) is 23.3. The number of carbonyl (C=O) groups excluding carboxylic acids is 2. The molecule has 0 bridgehead atoms. The molecule has 1 aromatic rings. The second-order valence-corrected chi connectivity index (χ2v) is 4.03. The largest absolute Gasteiger partial charge is 0.462 e. The SMILES string of the molecule is CCOC(=O)c1cccc(C(=O)CCCl)c1C(F)F. The molecule has 0 N–H and O–H groups in total. The van der Waals surface area contributed by atoms with Gasteiger partial charge in [-0.05, 0) is 13.0 Å². The number of benzene rings is 1. The van der Waals surface area contributed by atoms with Crippen LogP contribution in [0.1, 0.15) is 46.0 Å². The highest BCUT2D eigenvalue weighted by Gasteiger charge is 2.25. The number of hydrogen-bond acceptors (Lipinski definition) is 3. The number of ketones is 1. The Bertz CT molecular complexity index is 439. The predicted octanol–water partition coefficient (Wildman–Crippen LogP) is 3.61. The summed E-state index contributed by atoms with van der Waals surface area (Å²) in [5.74, 6) is -1.35. The molecular weight excluding hydrogens is 278 g/mol. The third kappa shape index (κ3) is 3.73. The summed E-state index contributed by atoms with van der Waals surface area (Å²) in [6, 6.07) is 3.86. The standard InChI is InChI=1S/C13H13ClF2O3/c1-2-19-13(18)9-5-3-4-8(10(17)6-7-14)11(9)12(15)16/h3-5,12H,2,6-7H2,1H3. The predicted molar refractivity (Wildman–Crippen MR) is 67.0 cm³/mol. The lowest BCUT2D eigenvalue weighted by Crippen LogP contribution is -2.13. The molecule has 104 valence electrons. The molecule has 0 heterocycles. The van der Waals surface area contributed by atoms with E-state index in [0.29, 0.717) is 0 Å². The van der Waals surface area contributed by atoms with Crippen LogP contribution in [-0.4, -0.2) is 24.2 Å². The zero-order valence-corrected chi connectivity index (χ0v) is 11.0. The van der Waals surface area contributed by atoms with E-state index < -0.39 is 23.7 Å².